The van der Waals surface area contributed by atoms with Gasteiger partial charge in [0, 0.05) is 12.1 Å². The second-order valence-electron chi connectivity index (χ2n) is 3.76. The van der Waals surface area contributed by atoms with Gasteiger partial charge in [0.25, 0.3) is 0 Å². The first-order chi connectivity index (χ1) is 7.66. The molecule has 0 fully saturated rings. The van der Waals surface area contributed by atoms with Crippen molar-refractivity contribution in [2.45, 2.75) is 26.7 Å². The Labute approximate surface area is 98.5 Å². The molecule has 2 aromatic rings. The molecule has 0 saturated carbocycles. The van der Waals surface area contributed by atoms with Crippen LogP contribution >= 0.6 is 11.5 Å². The van der Waals surface area contributed by atoms with Crippen LogP contribution in [0, 0.1) is 6.92 Å². The first-order valence-corrected chi connectivity index (χ1v) is 5.87. The third-order valence-electron chi connectivity index (χ3n) is 2.08. The van der Waals surface area contributed by atoms with E-state index in [4.69, 9.17) is 4.74 Å². The summed E-state index contributed by atoms with van der Waals surface area (Å²) in [6, 6.07) is 4.10. The van der Waals surface area contributed by atoms with E-state index in [1.54, 1.807) is 6.20 Å². The van der Waals surface area contributed by atoms with E-state index in [1.165, 1.54) is 11.5 Å². The molecule has 0 amide bonds. The second kappa shape index (κ2) is 4.57. The SMILES string of the molecule is Cc1ncccc1Oc1nsc(C(C)C)n1. The third-order valence-corrected chi connectivity index (χ3v) is 3.07. The monoisotopic (exact) mass is 235 g/mol. The molecule has 2 aromatic heterocycles. The van der Waals surface area contributed by atoms with Gasteiger partial charge in [0.15, 0.2) is 5.75 Å². The molecule has 4 nitrogen and oxygen atoms in total. The lowest BCUT2D eigenvalue weighted by molar-refractivity contribution is 0.441. The Morgan fingerprint density at radius 1 is 1.38 bits per heavy atom. The lowest BCUT2D eigenvalue weighted by Gasteiger charge is -2.02. The Hall–Kier alpha value is -1.49. The van der Waals surface area contributed by atoms with Crippen molar-refractivity contribution in [2.75, 3.05) is 0 Å². The average molecular weight is 235 g/mol. The number of pyridine rings is 1. The molecule has 0 radical (unpaired) electrons. The largest absolute Gasteiger partial charge is 0.422 e. The minimum absolute atomic E-state index is 0.379. The van der Waals surface area contributed by atoms with E-state index in [0.29, 0.717) is 17.7 Å². The standard InChI is InChI=1S/C11H13N3OS/c1-7(2)10-13-11(14-16-10)15-9-5-4-6-12-8(9)3/h4-7H,1-3H3. The molecule has 0 aliphatic rings. The van der Waals surface area contributed by atoms with Gasteiger partial charge in [0.05, 0.1) is 5.69 Å². The van der Waals surface area contributed by atoms with Crippen LogP contribution < -0.4 is 4.74 Å². The van der Waals surface area contributed by atoms with Crippen molar-refractivity contribution in [3.05, 3.63) is 29.0 Å². The molecule has 16 heavy (non-hydrogen) atoms. The summed E-state index contributed by atoms with van der Waals surface area (Å²) in [5.74, 6) is 1.08. The molecule has 0 bridgehead atoms. The van der Waals surface area contributed by atoms with Crippen molar-refractivity contribution in [1.29, 1.82) is 0 Å². The first kappa shape index (κ1) is 11.0. The molecule has 2 heterocycles. The fourth-order valence-electron chi connectivity index (χ4n) is 1.17. The molecular weight excluding hydrogens is 222 g/mol. The predicted molar refractivity (Wildman–Crippen MR) is 63.0 cm³/mol. The summed E-state index contributed by atoms with van der Waals surface area (Å²) in [7, 11) is 0. The fraction of sp³-hybridized carbons (Fsp3) is 0.364. The van der Waals surface area contributed by atoms with Crippen molar-refractivity contribution in [2.24, 2.45) is 0 Å². The highest BCUT2D eigenvalue weighted by atomic mass is 32.1. The molecule has 0 aromatic carbocycles. The lowest BCUT2D eigenvalue weighted by atomic mass is 10.2. The van der Waals surface area contributed by atoms with Crippen LogP contribution in [0.5, 0.6) is 11.8 Å². The normalized spacial score (nSPS) is 10.8. The van der Waals surface area contributed by atoms with E-state index in [-0.39, 0.29) is 0 Å². The average Bonchev–Trinajstić information content (AvgIpc) is 2.70. The molecule has 0 spiro atoms. The number of aryl methyl sites for hydroxylation is 1. The topological polar surface area (TPSA) is 47.9 Å². The molecule has 0 atom stereocenters. The lowest BCUT2D eigenvalue weighted by Crippen LogP contribution is -1.91. The molecular formula is C11H13N3OS. The smallest absolute Gasteiger partial charge is 0.334 e. The molecule has 84 valence electrons. The van der Waals surface area contributed by atoms with Crippen molar-refractivity contribution < 1.29 is 4.74 Å². The van der Waals surface area contributed by atoms with Gasteiger partial charge in [0.2, 0.25) is 0 Å². The zero-order valence-electron chi connectivity index (χ0n) is 9.47. The fourth-order valence-corrected chi connectivity index (χ4v) is 1.75. The van der Waals surface area contributed by atoms with E-state index >= 15 is 0 Å². The summed E-state index contributed by atoms with van der Waals surface area (Å²) >= 11 is 1.38. The molecule has 0 aliphatic carbocycles. The van der Waals surface area contributed by atoms with Gasteiger partial charge in [-0.2, -0.15) is 4.98 Å². The summed E-state index contributed by atoms with van der Waals surface area (Å²) < 4.78 is 9.72. The van der Waals surface area contributed by atoms with Gasteiger partial charge in [-0.25, -0.2) is 0 Å². The van der Waals surface area contributed by atoms with E-state index in [0.717, 1.165) is 10.7 Å². The zero-order valence-corrected chi connectivity index (χ0v) is 10.3. The van der Waals surface area contributed by atoms with Crippen LogP contribution in [0.3, 0.4) is 0 Å². The highest BCUT2D eigenvalue weighted by molar-refractivity contribution is 7.05. The van der Waals surface area contributed by atoms with Gasteiger partial charge >= 0.3 is 6.01 Å². The van der Waals surface area contributed by atoms with Crippen molar-refractivity contribution in [3.63, 3.8) is 0 Å². The molecule has 0 N–H and O–H groups in total. The van der Waals surface area contributed by atoms with Crippen molar-refractivity contribution >= 4 is 11.5 Å². The third kappa shape index (κ3) is 2.36. The summed E-state index contributed by atoms with van der Waals surface area (Å²) in [5.41, 5.74) is 0.836. The summed E-state index contributed by atoms with van der Waals surface area (Å²) in [5, 5.41) is 0.983. The van der Waals surface area contributed by atoms with E-state index in [9.17, 15) is 0 Å². The number of nitrogens with zero attached hydrogens (tertiary/aromatic N) is 3. The minimum Gasteiger partial charge on any atom is -0.422 e. The Bertz CT molecular complexity index is 482. The molecule has 0 unspecified atom stereocenters. The quantitative estimate of drug-likeness (QED) is 0.820. The Morgan fingerprint density at radius 3 is 2.81 bits per heavy atom. The van der Waals surface area contributed by atoms with Crippen LogP contribution in [-0.2, 0) is 0 Å². The van der Waals surface area contributed by atoms with E-state index < -0.39 is 0 Å². The van der Waals surface area contributed by atoms with Gasteiger partial charge in [0.1, 0.15) is 5.01 Å². The minimum atomic E-state index is 0.379. The maximum Gasteiger partial charge on any atom is 0.334 e. The van der Waals surface area contributed by atoms with Gasteiger partial charge in [-0.15, -0.1) is 4.37 Å². The maximum absolute atomic E-state index is 5.57. The molecule has 0 saturated heterocycles. The highest BCUT2D eigenvalue weighted by Crippen LogP contribution is 2.24. The Kier molecular flexibility index (Phi) is 3.14. The summed E-state index contributed by atoms with van der Waals surface area (Å²) in [4.78, 5) is 8.44. The van der Waals surface area contributed by atoms with Crippen molar-refractivity contribution in [1.82, 2.24) is 14.3 Å². The Balaban J connectivity index is 2.18. The van der Waals surface area contributed by atoms with Crippen molar-refractivity contribution in [3.8, 4) is 11.8 Å². The Morgan fingerprint density at radius 2 is 2.19 bits per heavy atom. The summed E-state index contributed by atoms with van der Waals surface area (Å²) in [6.07, 6.45) is 1.73. The molecule has 5 heteroatoms. The van der Waals surface area contributed by atoms with Gasteiger partial charge in [-0.1, -0.05) is 13.8 Å². The van der Waals surface area contributed by atoms with Crippen LogP contribution in [0.15, 0.2) is 18.3 Å². The van der Waals surface area contributed by atoms with E-state index in [2.05, 4.69) is 28.2 Å². The molecule has 2 rings (SSSR count). The van der Waals surface area contributed by atoms with Crippen LogP contribution in [0.1, 0.15) is 30.5 Å². The van der Waals surface area contributed by atoms with Crippen LogP contribution in [-0.4, -0.2) is 14.3 Å². The van der Waals surface area contributed by atoms with Crippen LogP contribution in [0.4, 0.5) is 0 Å². The number of ether oxygens (including phenoxy) is 1. The van der Waals surface area contributed by atoms with Gasteiger partial charge in [-0.3, -0.25) is 4.98 Å². The zero-order chi connectivity index (χ0) is 11.5. The summed E-state index contributed by atoms with van der Waals surface area (Å²) in [6.45, 7) is 6.06. The van der Waals surface area contributed by atoms with E-state index in [1.807, 2.05) is 19.1 Å². The van der Waals surface area contributed by atoms with Gasteiger partial charge in [-0.05, 0) is 30.6 Å². The number of aromatic nitrogens is 3. The molecule has 0 aliphatic heterocycles. The van der Waals surface area contributed by atoms with Crippen LogP contribution in [0.25, 0.3) is 0 Å². The number of rotatable bonds is 3. The second-order valence-corrected chi connectivity index (χ2v) is 4.54. The predicted octanol–water partition coefficient (Wildman–Crippen LogP) is 3.16. The first-order valence-electron chi connectivity index (χ1n) is 5.10. The highest BCUT2D eigenvalue weighted by Gasteiger charge is 2.10. The van der Waals surface area contributed by atoms with Gasteiger partial charge < -0.3 is 4.74 Å². The maximum atomic E-state index is 5.57. The number of hydrogen-bond donors (Lipinski definition) is 0. The van der Waals surface area contributed by atoms with Crippen LogP contribution in [0.2, 0.25) is 0 Å². The number of hydrogen-bond acceptors (Lipinski definition) is 5.